The fourth-order valence-corrected chi connectivity index (χ4v) is 1.82. The molecule has 0 aromatic carbocycles. The van der Waals surface area contributed by atoms with Gasteiger partial charge in [0, 0.05) is 18.5 Å². The molecule has 2 unspecified atom stereocenters. The standard InChI is InChI=1S/C12H23NO/c1-9-6-13(7-10(9)2)8-11(14)12(3,4)5/h9-10H,6-8H2,1-5H3. The molecule has 0 saturated carbocycles. The lowest BCUT2D eigenvalue weighted by atomic mass is 9.90. The molecule has 1 heterocycles. The van der Waals surface area contributed by atoms with E-state index < -0.39 is 0 Å². The Bertz CT molecular complexity index is 207. The van der Waals surface area contributed by atoms with Crippen LogP contribution in [0.5, 0.6) is 0 Å². The molecule has 0 aliphatic carbocycles. The summed E-state index contributed by atoms with van der Waals surface area (Å²) in [4.78, 5) is 14.1. The fraction of sp³-hybridized carbons (Fsp3) is 0.917. The average Bonchev–Trinajstić information content (AvgIpc) is 2.29. The van der Waals surface area contributed by atoms with Gasteiger partial charge in [0.25, 0.3) is 0 Å². The lowest BCUT2D eigenvalue weighted by Crippen LogP contribution is -2.34. The van der Waals surface area contributed by atoms with E-state index >= 15 is 0 Å². The minimum Gasteiger partial charge on any atom is -0.298 e. The van der Waals surface area contributed by atoms with Crippen molar-refractivity contribution in [3.05, 3.63) is 0 Å². The van der Waals surface area contributed by atoms with Gasteiger partial charge in [0.05, 0.1) is 6.54 Å². The van der Waals surface area contributed by atoms with Crippen LogP contribution in [-0.2, 0) is 4.79 Å². The molecule has 0 bridgehead atoms. The maximum atomic E-state index is 11.8. The van der Waals surface area contributed by atoms with Gasteiger partial charge in [-0.15, -0.1) is 0 Å². The molecule has 1 aliphatic rings. The van der Waals surface area contributed by atoms with Crippen molar-refractivity contribution in [2.45, 2.75) is 34.6 Å². The predicted molar refractivity (Wildman–Crippen MR) is 59.2 cm³/mol. The Hall–Kier alpha value is -0.370. The summed E-state index contributed by atoms with van der Waals surface area (Å²) in [5.41, 5.74) is -0.185. The van der Waals surface area contributed by atoms with Crippen molar-refractivity contribution in [3.8, 4) is 0 Å². The minimum atomic E-state index is -0.185. The summed E-state index contributed by atoms with van der Waals surface area (Å²) in [7, 11) is 0. The van der Waals surface area contributed by atoms with Crippen LogP contribution in [0.3, 0.4) is 0 Å². The second kappa shape index (κ2) is 4.01. The van der Waals surface area contributed by atoms with Crippen LogP contribution in [0.1, 0.15) is 34.6 Å². The maximum absolute atomic E-state index is 11.8. The summed E-state index contributed by atoms with van der Waals surface area (Å²) in [5.74, 6) is 1.84. The Morgan fingerprint density at radius 1 is 1.21 bits per heavy atom. The van der Waals surface area contributed by atoms with Gasteiger partial charge in [-0.05, 0) is 11.8 Å². The van der Waals surface area contributed by atoms with E-state index in [2.05, 4.69) is 18.7 Å². The van der Waals surface area contributed by atoms with Crippen molar-refractivity contribution in [3.63, 3.8) is 0 Å². The Kier molecular flexibility index (Phi) is 3.36. The SMILES string of the molecule is CC1CN(CC(=O)C(C)(C)C)CC1C. The number of Topliss-reactive ketones (excluding diaryl/α,β-unsaturated/α-hetero) is 1. The van der Waals surface area contributed by atoms with Gasteiger partial charge < -0.3 is 0 Å². The number of likely N-dealkylation sites (tertiary alicyclic amines) is 1. The topological polar surface area (TPSA) is 20.3 Å². The third-order valence-electron chi connectivity index (χ3n) is 3.27. The van der Waals surface area contributed by atoms with Gasteiger partial charge in [0.2, 0.25) is 0 Å². The van der Waals surface area contributed by atoms with E-state index in [0.29, 0.717) is 12.3 Å². The maximum Gasteiger partial charge on any atom is 0.152 e. The molecule has 82 valence electrons. The van der Waals surface area contributed by atoms with Crippen molar-refractivity contribution in [1.82, 2.24) is 4.90 Å². The number of rotatable bonds is 2. The van der Waals surface area contributed by atoms with Crippen molar-refractivity contribution in [2.24, 2.45) is 17.3 Å². The number of carbonyl (C=O) groups is 1. The Morgan fingerprint density at radius 3 is 2.00 bits per heavy atom. The van der Waals surface area contributed by atoms with E-state index in [0.717, 1.165) is 24.9 Å². The first-order valence-electron chi connectivity index (χ1n) is 5.56. The smallest absolute Gasteiger partial charge is 0.152 e. The van der Waals surface area contributed by atoms with E-state index in [9.17, 15) is 4.79 Å². The molecule has 0 N–H and O–H groups in total. The predicted octanol–water partition coefficient (Wildman–Crippen LogP) is 2.19. The van der Waals surface area contributed by atoms with Gasteiger partial charge in [-0.2, -0.15) is 0 Å². The highest BCUT2D eigenvalue weighted by molar-refractivity contribution is 5.85. The molecule has 2 nitrogen and oxygen atoms in total. The lowest BCUT2D eigenvalue weighted by molar-refractivity contribution is -0.127. The zero-order valence-electron chi connectivity index (χ0n) is 10.1. The Labute approximate surface area is 87.7 Å². The van der Waals surface area contributed by atoms with Crippen LogP contribution in [0.15, 0.2) is 0 Å². The molecule has 1 aliphatic heterocycles. The number of hydrogen-bond acceptors (Lipinski definition) is 2. The lowest BCUT2D eigenvalue weighted by Gasteiger charge is -2.21. The van der Waals surface area contributed by atoms with Crippen LogP contribution in [-0.4, -0.2) is 30.3 Å². The van der Waals surface area contributed by atoms with E-state index in [-0.39, 0.29) is 5.41 Å². The van der Waals surface area contributed by atoms with Gasteiger partial charge in [-0.3, -0.25) is 9.69 Å². The highest BCUT2D eigenvalue weighted by Crippen LogP contribution is 2.23. The normalized spacial score (nSPS) is 29.5. The van der Waals surface area contributed by atoms with Crippen LogP contribution in [0.2, 0.25) is 0 Å². The quantitative estimate of drug-likeness (QED) is 0.676. The highest BCUT2D eigenvalue weighted by atomic mass is 16.1. The van der Waals surface area contributed by atoms with Crippen LogP contribution in [0.25, 0.3) is 0 Å². The summed E-state index contributed by atoms with van der Waals surface area (Å²) in [6.07, 6.45) is 0. The Balaban J connectivity index is 2.44. The summed E-state index contributed by atoms with van der Waals surface area (Å²) >= 11 is 0. The van der Waals surface area contributed by atoms with Gasteiger partial charge in [-0.25, -0.2) is 0 Å². The second-order valence-electron chi connectivity index (χ2n) is 5.82. The number of ketones is 1. The third-order valence-corrected chi connectivity index (χ3v) is 3.27. The monoisotopic (exact) mass is 197 g/mol. The van der Waals surface area contributed by atoms with E-state index in [4.69, 9.17) is 0 Å². The molecule has 2 atom stereocenters. The molecule has 2 heteroatoms. The molecule has 0 spiro atoms. The van der Waals surface area contributed by atoms with E-state index in [1.54, 1.807) is 0 Å². The third kappa shape index (κ3) is 2.81. The van der Waals surface area contributed by atoms with Crippen LogP contribution in [0, 0.1) is 17.3 Å². The van der Waals surface area contributed by atoms with E-state index in [1.807, 2.05) is 20.8 Å². The van der Waals surface area contributed by atoms with Crippen LogP contribution < -0.4 is 0 Å². The van der Waals surface area contributed by atoms with Gasteiger partial charge in [0.1, 0.15) is 0 Å². The summed E-state index contributed by atoms with van der Waals surface area (Å²) in [5, 5.41) is 0. The molecule has 14 heavy (non-hydrogen) atoms. The second-order valence-corrected chi connectivity index (χ2v) is 5.82. The molecule has 0 radical (unpaired) electrons. The summed E-state index contributed by atoms with van der Waals surface area (Å²) in [6, 6.07) is 0. The van der Waals surface area contributed by atoms with Crippen LogP contribution in [0.4, 0.5) is 0 Å². The summed E-state index contributed by atoms with van der Waals surface area (Å²) in [6.45, 7) is 13.3. The van der Waals surface area contributed by atoms with Crippen molar-refractivity contribution < 1.29 is 4.79 Å². The van der Waals surface area contributed by atoms with Crippen molar-refractivity contribution in [2.75, 3.05) is 19.6 Å². The molecule has 0 aromatic heterocycles. The zero-order valence-corrected chi connectivity index (χ0v) is 10.1. The highest BCUT2D eigenvalue weighted by Gasteiger charge is 2.30. The minimum absolute atomic E-state index is 0.185. The fourth-order valence-electron chi connectivity index (χ4n) is 1.82. The molecule has 0 aromatic rings. The zero-order chi connectivity index (χ0) is 10.9. The first-order valence-corrected chi connectivity index (χ1v) is 5.56. The first kappa shape index (κ1) is 11.7. The van der Waals surface area contributed by atoms with Gasteiger partial charge in [0.15, 0.2) is 5.78 Å². The Morgan fingerprint density at radius 2 is 1.64 bits per heavy atom. The van der Waals surface area contributed by atoms with Crippen LogP contribution >= 0.6 is 0 Å². The van der Waals surface area contributed by atoms with Crippen molar-refractivity contribution in [1.29, 1.82) is 0 Å². The summed E-state index contributed by atoms with van der Waals surface area (Å²) < 4.78 is 0. The number of hydrogen-bond donors (Lipinski definition) is 0. The van der Waals surface area contributed by atoms with E-state index in [1.165, 1.54) is 0 Å². The molecule has 0 amide bonds. The molecule has 1 saturated heterocycles. The first-order chi connectivity index (χ1) is 6.30. The molecule has 1 rings (SSSR count). The van der Waals surface area contributed by atoms with Crippen molar-refractivity contribution >= 4 is 5.78 Å². The average molecular weight is 197 g/mol. The van der Waals surface area contributed by atoms with Gasteiger partial charge in [-0.1, -0.05) is 34.6 Å². The molecular weight excluding hydrogens is 174 g/mol. The molecular formula is C12H23NO. The number of nitrogens with zero attached hydrogens (tertiary/aromatic N) is 1. The largest absolute Gasteiger partial charge is 0.298 e. The number of carbonyl (C=O) groups excluding carboxylic acids is 1. The molecule has 1 fully saturated rings. The van der Waals surface area contributed by atoms with Gasteiger partial charge >= 0.3 is 0 Å².